The van der Waals surface area contributed by atoms with E-state index in [4.69, 9.17) is 0 Å². The van der Waals surface area contributed by atoms with Crippen molar-refractivity contribution in [2.24, 2.45) is 0 Å². The Balaban J connectivity index is 2.17. The Morgan fingerprint density at radius 1 is 0.893 bits per heavy atom. The van der Waals surface area contributed by atoms with Gasteiger partial charge in [0.15, 0.2) is 0 Å². The van der Waals surface area contributed by atoms with Crippen LogP contribution >= 0.6 is 0 Å². The standard InChI is InChI=1S/C20H17F4N3O/c21-17-7-5-14(6-8-17)18(27-13-19(22,23)24)20(28,15-3-1-9-25-11-15)16-4-2-10-26-12-16/h1-12,18,27-28H,13H2. The number of rotatable bonds is 6. The lowest BCUT2D eigenvalue weighted by molar-refractivity contribution is -0.129. The number of aliphatic hydroxyl groups is 1. The third-order valence-corrected chi connectivity index (χ3v) is 4.33. The molecule has 0 spiro atoms. The van der Waals surface area contributed by atoms with Crippen molar-refractivity contribution in [3.8, 4) is 0 Å². The normalized spacial score (nSPS) is 13.3. The molecule has 146 valence electrons. The summed E-state index contributed by atoms with van der Waals surface area (Å²) in [6.07, 6.45) is 1.22. The summed E-state index contributed by atoms with van der Waals surface area (Å²) >= 11 is 0. The topological polar surface area (TPSA) is 58.0 Å². The first-order valence-electron chi connectivity index (χ1n) is 8.39. The van der Waals surface area contributed by atoms with Crippen molar-refractivity contribution in [1.29, 1.82) is 0 Å². The third kappa shape index (κ3) is 4.35. The van der Waals surface area contributed by atoms with Crippen LogP contribution in [-0.2, 0) is 5.60 Å². The fraction of sp³-hybridized carbons (Fsp3) is 0.200. The highest BCUT2D eigenvalue weighted by Gasteiger charge is 2.43. The molecule has 0 aliphatic carbocycles. The highest BCUT2D eigenvalue weighted by molar-refractivity contribution is 5.39. The van der Waals surface area contributed by atoms with E-state index in [2.05, 4.69) is 15.3 Å². The molecule has 0 saturated heterocycles. The summed E-state index contributed by atoms with van der Waals surface area (Å²) in [6, 6.07) is 9.95. The van der Waals surface area contributed by atoms with E-state index in [0.717, 1.165) is 12.1 Å². The number of alkyl halides is 3. The molecule has 1 unspecified atom stereocenters. The lowest BCUT2D eigenvalue weighted by atomic mass is 9.78. The fourth-order valence-corrected chi connectivity index (χ4v) is 3.06. The zero-order chi connectivity index (χ0) is 20.2. The van der Waals surface area contributed by atoms with Crippen LogP contribution in [0.3, 0.4) is 0 Å². The number of halogens is 4. The van der Waals surface area contributed by atoms with Crippen LogP contribution in [0.4, 0.5) is 17.6 Å². The van der Waals surface area contributed by atoms with Gasteiger partial charge >= 0.3 is 6.18 Å². The molecule has 1 atom stereocenters. The molecular formula is C20H17F4N3O. The van der Waals surface area contributed by atoms with E-state index in [1.54, 1.807) is 24.3 Å². The molecule has 0 fully saturated rings. The van der Waals surface area contributed by atoms with Gasteiger partial charge in [-0.05, 0) is 29.8 Å². The van der Waals surface area contributed by atoms with Crippen LogP contribution in [0, 0.1) is 5.82 Å². The molecule has 1 aromatic carbocycles. The lowest BCUT2D eigenvalue weighted by Gasteiger charge is -2.38. The predicted molar refractivity (Wildman–Crippen MR) is 94.7 cm³/mol. The van der Waals surface area contributed by atoms with Gasteiger partial charge < -0.3 is 5.11 Å². The number of hydrogen-bond donors (Lipinski definition) is 2. The second-order valence-corrected chi connectivity index (χ2v) is 6.23. The van der Waals surface area contributed by atoms with Crippen molar-refractivity contribution in [2.45, 2.75) is 17.8 Å². The van der Waals surface area contributed by atoms with Crippen molar-refractivity contribution < 1.29 is 22.7 Å². The predicted octanol–water partition coefficient (Wildman–Crippen LogP) is 3.74. The Bertz CT molecular complexity index is 847. The molecule has 2 N–H and O–H groups in total. The number of pyridine rings is 2. The molecule has 28 heavy (non-hydrogen) atoms. The van der Waals surface area contributed by atoms with Gasteiger partial charge in [0.25, 0.3) is 0 Å². The number of aromatic nitrogens is 2. The van der Waals surface area contributed by atoms with Gasteiger partial charge in [-0.1, -0.05) is 24.3 Å². The van der Waals surface area contributed by atoms with Crippen LogP contribution < -0.4 is 5.32 Å². The number of hydrogen-bond acceptors (Lipinski definition) is 4. The first-order chi connectivity index (χ1) is 13.3. The van der Waals surface area contributed by atoms with E-state index in [0.29, 0.717) is 0 Å². The van der Waals surface area contributed by atoms with Gasteiger partial charge in [-0.2, -0.15) is 13.2 Å². The van der Waals surface area contributed by atoms with Crippen LogP contribution in [0.1, 0.15) is 22.7 Å². The summed E-state index contributed by atoms with van der Waals surface area (Å²) in [4.78, 5) is 7.97. The van der Waals surface area contributed by atoms with Gasteiger partial charge in [-0.3, -0.25) is 15.3 Å². The van der Waals surface area contributed by atoms with Gasteiger partial charge in [0.2, 0.25) is 0 Å². The summed E-state index contributed by atoms with van der Waals surface area (Å²) in [5.41, 5.74) is -1.12. The van der Waals surface area contributed by atoms with Crippen molar-refractivity contribution in [1.82, 2.24) is 15.3 Å². The second kappa shape index (κ2) is 8.04. The third-order valence-electron chi connectivity index (χ3n) is 4.33. The van der Waals surface area contributed by atoms with Gasteiger partial charge in [0, 0.05) is 35.9 Å². The molecule has 0 radical (unpaired) electrons. The van der Waals surface area contributed by atoms with Gasteiger partial charge in [0.1, 0.15) is 11.4 Å². The Morgan fingerprint density at radius 2 is 1.43 bits per heavy atom. The first-order valence-corrected chi connectivity index (χ1v) is 8.39. The molecular weight excluding hydrogens is 374 g/mol. The average Bonchev–Trinajstić information content (AvgIpc) is 2.69. The van der Waals surface area contributed by atoms with Gasteiger partial charge in [-0.15, -0.1) is 0 Å². The number of benzene rings is 1. The lowest BCUT2D eigenvalue weighted by Crippen LogP contribution is -2.45. The molecule has 2 heterocycles. The van der Waals surface area contributed by atoms with Crippen molar-refractivity contribution >= 4 is 0 Å². The highest BCUT2D eigenvalue weighted by Crippen LogP contribution is 2.41. The van der Waals surface area contributed by atoms with Gasteiger partial charge in [0.05, 0.1) is 12.6 Å². The summed E-state index contributed by atoms with van der Waals surface area (Å²) in [5, 5.41) is 14.1. The van der Waals surface area contributed by atoms with E-state index in [1.165, 1.54) is 36.9 Å². The van der Waals surface area contributed by atoms with Crippen LogP contribution in [0.5, 0.6) is 0 Å². The van der Waals surface area contributed by atoms with E-state index in [-0.39, 0.29) is 16.7 Å². The molecule has 3 aromatic rings. The van der Waals surface area contributed by atoms with Crippen LogP contribution in [0.15, 0.2) is 73.3 Å². The monoisotopic (exact) mass is 391 g/mol. The summed E-state index contributed by atoms with van der Waals surface area (Å²) < 4.78 is 52.3. The minimum Gasteiger partial charge on any atom is -0.378 e. The first kappa shape index (κ1) is 19.9. The largest absolute Gasteiger partial charge is 0.401 e. The smallest absolute Gasteiger partial charge is 0.378 e. The minimum absolute atomic E-state index is 0.270. The summed E-state index contributed by atoms with van der Waals surface area (Å²) in [5.74, 6) is -0.537. The summed E-state index contributed by atoms with van der Waals surface area (Å²) in [6.45, 7) is -1.35. The fourth-order valence-electron chi connectivity index (χ4n) is 3.06. The van der Waals surface area contributed by atoms with E-state index in [9.17, 15) is 22.7 Å². The van der Waals surface area contributed by atoms with E-state index >= 15 is 0 Å². The minimum atomic E-state index is -4.51. The molecule has 2 aromatic heterocycles. The maximum atomic E-state index is 13.4. The second-order valence-electron chi connectivity index (χ2n) is 6.23. The molecule has 0 amide bonds. The van der Waals surface area contributed by atoms with Crippen molar-refractivity contribution in [2.75, 3.05) is 6.54 Å². The molecule has 0 aliphatic rings. The number of nitrogens with zero attached hydrogens (tertiary/aromatic N) is 2. The highest BCUT2D eigenvalue weighted by atomic mass is 19.4. The van der Waals surface area contributed by atoms with Crippen LogP contribution in [-0.4, -0.2) is 27.8 Å². The zero-order valence-corrected chi connectivity index (χ0v) is 14.6. The zero-order valence-electron chi connectivity index (χ0n) is 14.6. The Hall–Kier alpha value is -2.84. The van der Waals surface area contributed by atoms with E-state index in [1.807, 2.05) is 0 Å². The molecule has 0 aliphatic heterocycles. The summed E-state index contributed by atoms with van der Waals surface area (Å²) in [7, 11) is 0. The Labute approximate surface area is 158 Å². The van der Waals surface area contributed by atoms with Gasteiger partial charge in [-0.25, -0.2) is 4.39 Å². The molecule has 0 bridgehead atoms. The quantitative estimate of drug-likeness (QED) is 0.629. The Morgan fingerprint density at radius 3 is 1.86 bits per heavy atom. The molecule has 3 rings (SSSR count). The van der Waals surface area contributed by atoms with Crippen molar-refractivity contribution in [3.63, 3.8) is 0 Å². The Kier molecular flexibility index (Phi) is 5.71. The van der Waals surface area contributed by atoms with Crippen LogP contribution in [0.2, 0.25) is 0 Å². The van der Waals surface area contributed by atoms with Crippen LogP contribution in [0.25, 0.3) is 0 Å². The SMILES string of the molecule is OC(c1cccnc1)(c1cccnc1)C(NCC(F)(F)F)c1ccc(F)cc1. The molecule has 0 saturated carbocycles. The molecule has 8 heteroatoms. The molecule has 4 nitrogen and oxygen atoms in total. The van der Waals surface area contributed by atoms with Crippen molar-refractivity contribution in [3.05, 3.63) is 95.8 Å². The maximum absolute atomic E-state index is 13.4. The average molecular weight is 391 g/mol. The number of nitrogens with one attached hydrogen (secondary N) is 1. The van der Waals surface area contributed by atoms with E-state index < -0.39 is 30.2 Å². The maximum Gasteiger partial charge on any atom is 0.401 e.